The Kier molecular flexibility index (Phi) is 4.93. The van der Waals surface area contributed by atoms with Crippen molar-refractivity contribution in [1.29, 1.82) is 0 Å². The number of hydrogen-bond acceptors (Lipinski definition) is 4. The van der Waals surface area contributed by atoms with Gasteiger partial charge in [0.15, 0.2) is 0 Å². The molecule has 1 fully saturated rings. The van der Waals surface area contributed by atoms with Gasteiger partial charge in [-0.2, -0.15) is 0 Å². The van der Waals surface area contributed by atoms with Crippen molar-refractivity contribution >= 4 is 17.2 Å². The minimum atomic E-state index is -2.04. The zero-order chi connectivity index (χ0) is 13.7. The summed E-state index contributed by atoms with van der Waals surface area (Å²) in [6, 6.07) is 9.45. The quantitative estimate of drug-likeness (QED) is 0.791. The summed E-state index contributed by atoms with van der Waals surface area (Å²) in [6.07, 6.45) is 0.589. The molecular formula is C13H16NO4S-. The van der Waals surface area contributed by atoms with E-state index >= 15 is 0 Å². The van der Waals surface area contributed by atoms with E-state index < -0.39 is 11.1 Å². The van der Waals surface area contributed by atoms with Crippen LogP contribution in [0.2, 0.25) is 0 Å². The third kappa shape index (κ3) is 4.04. The molecule has 0 radical (unpaired) electrons. The summed E-state index contributed by atoms with van der Waals surface area (Å²) in [4.78, 5) is 13.4. The number of ether oxygens (including phenoxy) is 1. The third-order valence-electron chi connectivity index (χ3n) is 3.18. The van der Waals surface area contributed by atoms with Gasteiger partial charge in [-0.3, -0.25) is 4.21 Å². The predicted octanol–water partition coefficient (Wildman–Crippen LogP) is 1.67. The number of likely N-dealkylation sites (tertiary alicyclic amines) is 1. The van der Waals surface area contributed by atoms with Crippen LogP contribution in [0.25, 0.3) is 0 Å². The predicted molar refractivity (Wildman–Crippen MR) is 70.1 cm³/mol. The Balaban J connectivity index is 1.77. The fourth-order valence-corrected chi connectivity index (χ4v) is 2.64. The average molecular weight is 282 g/mol. The van der Waals surface area contributed by atoms with Gasteiger partial charge in [0.05, 0.1) is 0 Å². The van der Waals surface area contributed by atoms with Gasteiger partial charge in [0.2, 0.25) is 0 Å². The first-order chi connectivity index (χ1) is 9.16. The molecule has 1 aromatic rings. The lowest BCUT2D eigenvalue weighted by molar-refractivity contribution is 0.0896. The highest BCUT2D eigenvalue weighted by molar-refractivity contribution is 7.79. The summed E-state index contributed by atoms with van der Waals surface area (Å²) < 4.78 is 26.8. The van der Waals surface area contributed by atoms with Crippen molar-refractivity contribution in [2.24, 2.45) is 0 Å². The summed E-state index contributed by atoms with van der Waals surface area (Å²) in [5, 5.41) is -0.335. The molecular weight excluding hydrogens is 266 g/mol. The van der Waals surface area contributed by atoms with E-state index in [4.69, 9.17) is 4.74 Å². The van der Waals surface area contributed by atoms with Crippen LogP contribution < -0.4 is 0 Å². The number of rotatable bonds is 3. The summed E-state index contributed by atoms with van der Waals surface area (Å²) in [7, 11) is 0. The van der Waals surface area contributed by atoms with Crippen LogP contribution in [-0.2, 0) is 22.4 Å². The molecule has 1 aliphatic rings. The van der Waals surface area contributed by atoms with Crippen LogP contribution in [0.15, 0.2) is 30.3 Å². The van der Waals surface area contributed by atoms with E-state index in [1.807, 2.05) is 30.3 Å². The van der Waals surface area contributed by atoms with E-state index in [0.717, 1.165) is 5.56 Å². The maximum Gasteiger partial charge on any atom is 0.410 e. The lowest BCUT2D eigenvalue weighted by Gasteiger charge is -2.32. The Hall–Kier alpha value is -1.40. The van der Waals surface area contributed by atoms with Gasteiger partial charge in [-0.25, -0.2) is 4.79 Å². The Morgan fingerprint density at radius 3 is 2.53 bits per heavy atom. The second kappa shape index (κ2) is 6.68. The Labute approximate surface area is 114 Å². The first kappa shape index (κ1) is 14.0. The van der Waals surface area contributed by atoms with Gasteiger partial charge in [-0.1, -0.05) is 41.4 Å². The number of carbonyl (C=O) groups excluding carboxylic acids is 1. The smallest absolute Gasteiger partial charge is 0.410 e. The molecule has 0 saturated carbocycles. The summed E-state index contributed by atoms with van der Waals surface area (Å²) >= 11 is -2.04. The molecule has 104 valence electrons. The fourth-order valence-electron chi connectivity index (χ4n) is 2.04. The summed E-state index contributed by atoms with van der Waals surface area (Å²) in [5.41, 5.74) is 0.936. The molecule has 19 heavy (non-hydrogen) atoms. The van der Waals surface area contributed by atoms with Crippen molar-refractivity contribution in [3.63, 3.8) is 0 Å². The first-order valence-electron chi connectivity index (χ1n) is 6.20. The number of carbonyl (C=O) groups is 1. The summed E-state index contributed by atoms with van der Waals surface area (Å²) in [6.45, 7) is 1.12. The van der Waals surface area contributed by atoms with Crippen LogP contribution in [-0.4, -0.2) is 38.1 Å². The molecule has 0 N–H and O–H groups in total. The number of nitrogens with zero attached hydrogens (tertiary/aromatic N) is 1. The molecule has 5 nitrogen and oxygen atoms in total. The van der Waals surface area contributed by atoms with E-state index in [0.29, 0.717) is 25.9 Å². The Morgan fingerprint density at radius 2 is 1.95 bits per heavy atom. The van der Waals surface area contributed by atoms with Gasteiger partial charge in [0, 0.05) is 18.3 Å². The fraction of sp³-hybridized carbons (Fsp3) is 0.462. The lowest BCUT2D eigenvalue weighted by Crippen LogP contribution is -2.41. The monoisotopic (exact) mass is 282 g/mol. The molecule has 1 heterocycles. The van der Waals surface area contributed by atoms with Gasteiger partial charge in [0.1, 0.15) is 6.61 Å². The normalized spacial score (nSPS) is 18.1. The minimum Gasteiger partial charge on any atom is -0.772 e. The highest BCUT2D eigenvalue weighted by atomic mass is 32.2. The van der Waals surface area contributed by atoms with Crippen molar-refractivity contribution in [2.45, 2.75) is 24.7 Å². The molecule has 1 aliphatic heterocycles. The van der Waals surface area contributed by atoms with Crippen LogP contribution in [0.3, 0.4) is 0 Å². The zero-order valence-corrected chi connectivity index (χ0v) is 11.3. The van der Waals surface area contributed by atoms with Crippen molar-refractivity contribution in [3.05, 3.63) is 35.9 Å². The average Bonchev–Trinajstić information content (AvgIpc) is 2.46. The SMILES string of the molecule is O=C(OCc1ccccc1)N1CCC(S(=O)[O-])CC1. The third-order valence-corrected chi connectivity index (χ3v) is 4.19. The topological polar surface area (TPSA) is 69.7 Å². The molecule has 1 amide bonds. The largest absolute Gasteiger partial charge is 0.772 e. The van der Waals surface area contributed by atoms with Gasteiger partial charge in [0.25, 0.3) is 0 Å². The molecule has 0 aromatic heterocycles. The number of hydrogen-bond donors (Lipinski definition) is 0. The molecule has 1 saturated heterocycles. The first-order valence-corrected chi connectivity index (χ1v) is 7.34. The Bertz CT molecular complexity index is 443. The number of piperidine rings is 1. The van der Waals surface area contributed by atoms with E-state index in [2.05, 4.69) is 0 Å². The highest BCUT2D eigenvalue weighted by Crippen LogP contribution is 2.15. The summed E-state index contributed by atoms with van der Waals surface area (Å²) in [5.74, 6) is 0. The van der Waals surface area contributed by atoms with Crippen LogP contribution >= 0.6 is 0 Å². The van der Waals surface area contributed by atoms with Crippen molar-refractivity contribution in [3.8, 4) is 0 Å². The molecule has 1 aromatic carbocycles. The van der Waals surface area contributed by atoms with Crippen LogP contribution in [0.4, 0.5) is 4.79 Å². The molecule has 1 unspecified atom stereocenters. The maximum absolute atomic E-state index is 11.8. The number of benzene rings is 1. The van der Waals surface area contributed by atoms with E-state index in [-0.39, 0.29) is 18.0 Å². The molecule has 0 aliphatic carbocycles. The van der Waals surface area contributed by atoms with E-state index in [1.165, 1.54) is 0 Å². The molecule has 0 spiro atoms. The second-order valence-corrected chi connectivity index (χ2v) is 5.67. The van der Waals surface area contributed by atoms with Crippen LogP contribution in [0.1, 0.15) is 18.4 Å². The van der Waals surface area contributed by atoms with Crippen LogP contribution in [0.5, 0.6) is 0 Å². The van der Waals surface area contributed by atoms with E-state index in [9.17, 15) is 13.6 Å². The van der Waals surface area contributed by atoms with Crippen molar-refractivity contribution < 1.29 is 18.3 Å². The second-order valence-electron chi connectivity index (χ2n) is 4.49. The Morgan fingerprint density at radius 1 is 1.32 bits per heavy atom. The molecule has 1 atom stereocenters. The lowest BCUT2D eigenvalue weighted by atomic mass is 10.1. The van der Waals surface area contributed by atoms with Crippen LogP contribution in [0, 0.1) is 0 Å². The van der Waals surface area contributed by atoms with Gasteiger partial charge < -0.3 is 14.2 Å². The van der Waals surface area contributed by atoms with Gasteiger partial charge in [-0.15, -0.1) is 0 Å². The van der Waals surface area contributed by atoms with Crippen molar-refractivity contribution in [2.75, 3.05) is 13.1 Å². The molecule has 2 rings (SSSR count). The van der Waals surface area contributed by atoms with E-state index in [1.54, 1.807) is 4.90 Å². The number of amides is 1. The minimum absolute atomic E-state index is 0.243. The molecule has 6 heteroatoms. The van der Waals surface area contributed by atoms with Gasteiger partial charge in [-0.05, 0) is 18.4 Å². The zero-order valence-electron chi connectivity index (χ0n) is 10.5. The van der Waals surface area contributed by atoms with Crippen molar-refractivity contribution in [1.82, 2.24) is 4.90 Å². The molecule has 0 bridgehead atoms. The maximum atomic E-state index is 11.8. The van der Waals surface area contributed by atoms with Gasteiger partial charge >= 0.3 is 6.09 Å². The standard InChI is InChI=1S/C13H17NO4S/c15-13(18-10-11-4-2-1-3-5-11)14-8-6-12(7-9-14)19(16)17/h1-5,12H,6-10H2,(H,16,17)/p-1. The highest BCUT2D eigenvalue weighted by Gasteiger charge is 2.24.